The molecule has 0 aromatic heterocycles. The maximum Gasteiger partial charge on any atom is 0.267 e. The molecule has 30 heavy (non-hydrogen) atoms. The molecule has 3 N–H and O–H groups in total. The van der Waals surface area contributed by atoms with Crippen LogP contribution in [0.25, 0.3) is 6.08 Å². The predicted molar refractivity (Wildman–Crippen MR) is 111 cm³/mol. The van der Waals surface area contributed by atoms with Gasteiger partial charge in [0.2, 0.25) is 0 Å². The first kappa shape index (κ1) is 21.0. The van der Waals surface area contributed by atoms with E-state index in [0.717, 1.165) is 6.08 Å². The van der Waals surface area contributed by atoms with E-state index >= 15 is 0 Å². The third-order valence-corrected chi connectivity index (χ3v) is 4.32. The molecule has 3 rings (SSSR count). The highest BCUT2D eigenvalue weighted by Gasteiger charge is 2.15. The highest BCUT2D eigenvalue weighted by Crippen LogP contribution is 2.29. The number of halogens is 2. The number of rotatable bonds is 6. The van der Waals surface area contributed by atoms with Crippen molar-refractivity contribution < 1.29 is 23.9 Å². The third kappa shape index (κ3) is 5.22. The lowest BCUT2D eigenvalue weighted by Gasteiger charge is -2.13. The Hall–Kier alpha value is -3.68. The number of nitrogens with one attached hydrogen (secondary N) is 2. The van der Waals surface area contributed by atoms with Crippen LogP contribution in [0.3, 0.4) is 0 Å². The summed E-state index contributed by atoms with van der Waals surface area (Å²) in [5.74, 6) is -0.968. The number of anilines is 1. The van der Waals surface area contributed by atoms with Gasteiger partial charge in [-0.05, 0) is 54.6 Å². The second-order valence-electron chi connectivity index (χ2n) is 6.02. The van der Waals surface area contributed by atoms with Crippen molar-refractivity contribution in [3.05, 3.63) is 94.8 Å². The molecular weight excluding hydrogens is 411 g/mol. The fourth-order valence-electron chi connectivity index (χ4n) is 2.57. The predicted octanol–water partition coefficient (Wildman–Crippen LogP) is 5.04. The number of hydrogen-bond acceptors (Lipinski definition) is 4. The Bertz CT molecular complexity index is 1100. The van der Waals surface area contributed by atoms with Gasteiger partial charge in [0.25, 0.3) is 11.8 Å². The Labute approximate surface area is 176 Å². The Morgan fingerprint density at radius 3 is 2.47 bits per heavy atom. The lowest BCUT2D eigenvalue weighted by Crippen LogP contribution is -2.15. The van der Waals surface area contributed by atoms with Crippen molar-refractivity contribution in [1.82, 2.24) is 5.48 Å². The van der Waals surface area contributed by atoms with Gasteiger partial charge >= 0.3 is 0 Å². The standard InChI is InChI=1S/C22H16ClFN2O4/c23-18-5-3-6-19(16(18)12-13-21(27)26-29)25-22(28)17-4-1-2-7-20(17)30-15-10-8-14(24)9-11-15/h1-13,29H,(H,25,28)(H,26,27)/b13-12+. The number of benzene rings is 3. The molecule has 3 aromatic carbocycles. The van der Waals surface area contributed by atoms with Gasteiger partial charge in [-0.1, -0.05) is 29.8 Å². The molecule has 0 atom stereocenters. The minimum atomic E-state index is -0.745. The summed E-state index contributed by atoms with van der Waals surface area (Å²) in [6.07, 6.45) is 2.44. The van der Waals surface area contributed by atoms with Gasteiger partial charge < -0.3 is 10.1 Å². The van der Waals surface area contributed by atoms with Crippen LogP contribution in [0.15, 0.2) is 72.8 Å². The molecule has 3 aromatic rings. The summed E-state index contributed by atoms with van der Waals surface area (Å²) in [4.78, 5) is 24.2. The summed E-state index contributed by atoms with van der Waals surface area (Å²) in [5, 5.41) is 11.7. The highest BCUT2D eigenvalue weighted by atomic mass is 35.5. The molecule has 0 fully saturated rings. The van der Waals surface area contributed by atoms with Crippen molar-refractivity contribution >= 4 is 35.2 Å². The van der Waals surface area contributed by atoms with Crippen molar-refractivity contribution in [3.63, 3.8) is 0 Å². The second-order valence-corrected chi connectivity index (χ2v) is 6.42. The van der Waals surface area contributed by atoms with Crippen LogP contribution < -0.4 is 15.5 Å². The van der Waals surface area contributed by atoms with Crippen molar-refractivity contribution in [2.75, 3.05) is 5.32 Å². The molecule has 8 heteroatoms. The van der Waals surface area contributed by atoms with E-state index in [9.17, 15) is 14.0 Å². The van der Waals surface area contributed by atoms with Crippen LogP contribution in [0, 0.1) is 5.82 Å². The summed E-state index contributed by atoms with van der Waals surface area (Å²) >= 11 is 6.18. The Morgan fingerprint density at radius 2 is 1.73 bits per heavy atom. The largest absolute Gasteiger partial charge is 0.457 e. The monoisotopic (exact) mass is 426 g/mol. The van der Waals surface area contributed by atoms with E-state index < -0.39 is 17.6 Å². The zero-order valence-corrected chi connectivity index (χ0v) is 16.2. The van der Waals surface area contributed by atoms with Gasteiger partial charge in [-0.25, -0.2) is 9.87 Å². The number of para-hydroxylation sites is 1. The fourth-order valence-corrected chi connectivity index (χ4v) is 2.81. The smallest absolute Gasteiger partial charge is 0.267 e. The van der Waals surface area contributed by atoms with Crippen LogP contribution in [0.1, 0.15) is 15.9 Å². The maximum absolute atomic E-state index is 13.1. The molecule has 0 unspecified atom stereocenters. The van der Waals surface area contributed by atoms with E-state index in [2.05, 4.69) is 5.32 Å². The average Bonchev–Trinajstić information content (AvgIpc) is 2.75. The number of hydrogen-bond donors (Lipinski definition) is 3. The van der Waals surface area contributed by atoms with Gasteiger partial charge in [-0.2, -0.15) is 0 Å². The van der Waals surface area contributed by atoms with E-state index in [1.165, 1.54) is 35.8 Å². The molecule has 0 saturated heterocycles. The second kappa shape index (κ2) is 9.69. The number of carbonyl (C=O) groups excluding carboxylic acids is 2. The number of carbonyl (C=O) groups is 2. The lowest BCUT2D eigenvalue weighted by atomic mass is 10.1. The lowest BCUT2D eigenvalue weighted by molar-refractivity contribution is -0.124. The molecule has 0 aliphatic carbocycles. The summed E-state index contributed by atoms with van der Waals surface area (Å²) in [6, 6.07) is 16.8. The van der Waals surface area contributed by atoms with Crippen LogP contribution >= 0.6 is 11.6 Å². The molecule has 0 spiro atoms. The highest BCUT2D eigenvalue weighted by molar-refractivity contribution is 6.32. The Balaban J connectivity index is 1.87. The normalized spacial score (nSPS) is 10.6. The molecule has 0 saturated carbocycles. The van der Waals surface area contributed by atoms with Crippen LogP contribution in [0.4, 0.5) is 10.1 Å². The average molecular weight is 427 g/mol. The van der Waals surface area contributed by atoms with Crippen LogP contribution in [0.5, 0.6) is 11.5 Å². The number of ether oxygens (including phenoxy) is 1. The van der Waals surface area contributed by atoms with Crippen LogP contribution in [-0.4, -0.2) is 17.0 Å². The molecule has 0 radical (unpaired) electrons. The summed E-state index contributed by atoms with van der Waals surface area (Å²) in [5.41, 5.74) is 2.45. The van der Waals surface area contributed by atoms with E-state index in [1.807, 2.05) is 0 Å². The molecule has 0 bridgehead atoms. The Kier molecular flexibility index (Phi) is 6.79. The molecule has 6 nitrogen and oxygen atoms in total. The minimum Gasteiger partial charge on any atom is -0.457 e. The van der Waals surface area contributed by atoms with Crippen molar-refractivity contribution in [3.8, 4) is 11.5 Å². The van der Waals surface area contributed by atoms with E-state index in [0.29, 0.717) is 22.0 Å². The molecule has 152 valence electrons. The maximum atomic E-state index is 13.1. The minimum absolute atomic E-state index is 0.241. The zero-order valence-electron chi connectivity index (χ0n) is 15.4. The van der Waals surface area contributed by atoms with Gasteiger partial charge in [0.05, 0.1) is 5.56 Å². The molecule has 0 heterocycles. The SMILES string of the molecule is O=C(/C=C/c1c(Cl)cccc1NC(=O)c1ccccc1Oc1ccc(F)cc1)NO. The topological polar surface area (TPSA) is 87.7 Å². The van der Waals surface area contributed by atoms with E-state index in [1.54, 1.807) is 42.5 Å². The quantitative estimate of drug-likeness (QED) is 0.292. The first-order chi connectivity index (χ1) is 14.5. The molecule has 0 aliphatic rings. The van der Waals surface area contributed by atoms with Crippen molar-refractivity contribution in [1.29, 1.82) is 0 Å². The summed E-state index contributed by atoms with van der Waals surface area (Å²) in [6.45, 7) is 0. The van der Waals surface area contributed by atoms with Crippen molar-refractivity contribution in [2.45, 2.75) is 0 Å². The zero-order chi connectivity index (χ0) is 21.5. The number of amides is 2. The Morgan fingerprint density at radius 1 is 1.00 bits per heavy atom. The first-order valence-electron chi connectivity index (χ1n) is 8.72. The molecular formula is C22H16ClFN2O4. The first-order valence-corrected chi connectivity index (χ1v) is 9.10. The van der Waals surface area contributed by atoms with Crippen molar-refractivity contribution in [2.24, 2.45) is 0 Å². The van der Waals surface area contributed by atoms with Crippen LogP contribution in [0.2, 0.25) is 5.02 Å². The van der Waals surface area contributed by atoms with Gasteiger partial charge in [-0.3, -0.25) is 14.8 Å². The molecule has 2 amide bonds. The third-order valence-electron chi connectivity index (χ3n) is 3.99. The number of hydroxylamine groups is 1. The van der Waals surface area contributed by atoms with E-state index in [4.69, 9.17) is 21.5 Å². The van der Waals surface area contributed by atoms with Gasteiger partial charge in [-0.15, -0.1) is 0 Å². The van der Waals surface area contributed by atoms with Gasteiger partial charge in [0.15, 0.2) is 0 Å². The molecule has 0 aliphatic heterocycles. The fraction of sp³-hybridized carbons (Fsp3) is 0. The van der Waals surface area contributed by atoms with Gasteiger partial charge in [0.1, 0.15) is 17.3 Å². The summed E-state index contributed by atoms with van der Waals surface area (Å²) < 4.78 is 18.8. The summed E-state index contributed by atoms with van der Waals surface area (Å²) in [7, 11) is 0. The van der Waals surface area contributed by atoms with Crippen LogP contribution in [-0.2, 0) is 4.79 Å². The van der Waals surface area contributed by atoms with Gasteiger partial charge in [0, 0.05) is 22.3 Å². The van der Waals surface area contributed by atoms with E-state index in [-0.39, 0.29) is 11.3 Å².